The maximum atomic E-state index is 11.1. The molecule has 0 aliphatic heterocycles. The molecule has 0 aromatic heterocycles. The summed E-state index contributed by atoms with van der Waals surface area (Å²) in [6, 6.07) is 5.54. The summed E-state index contributed by atoms with van der Waals surface area (Å²) >= 11 is 0. The van der Waals surface area contributed by atoms with Crippen LogP contribution in [0.25, 0.3) is 0 Å². The molecule has 4 nitrogen and oxygen atoms in total. The van der Waals surface area contributed by atoms with Crippen molar-refractivity contribution >= 4 is 18.1 Å². The Morgan fingerprint density at radius 2 is 2.00 bits per heavy atom. The van der Waals surface area contributed by atoms with Gasteiger partial charge in [-0.1, -0.05) is 6.07 Å². The van der Waals surface area contributed by atoms with Crippen molar-refractivity contribution in [2.45, 2.75) is 13.8 Å². The maximum Gasteiger partial charge on any atom is 0.360 e. The number of carboxylic acid groups (broad SMARTS) is 1. The van der Waals surface area contributed by atoms with Crippen LogP contribution in [0.15, 0.2) is 18.2 Å². The SMILES string of the molecule is Cc1ccc([N+](C)(C=O)CC(=O)O)cc1C. The number of aliphatic carboxylic acids is 1. The molecule has 0 fully saturated rings. The molecule has 0 saturated carbocycles. The van der Waals surface area contributed by atoms with Gasteiger partial charge in [0.05, 0.1) is 7.05 Å². The Morgan fingerprint density at radius 3 is 2.44 bits per heavy atom. The summed E-state index contributed by atoms with van der Waals surface area (Å²) in [4.78, 5) is 21.8. The standard InChI is InChI=1S/C12H15NO3/c1-9-4-5-11(6-10(9)2)13(3,8-14)7-12(15)16/h4-6,8H,7H2,1-3H3/p+1. The van der Waals surface area contributed by atoms with Gasteiger partial charge in [0.15, 0.2) is 6.54 Å². The highest BCUT2D eigenvalue weighted by Crippen LogP contribution is 2.22. The summed E-state index contributed by atoms with van der Waals surface area (Å²) in [5.41, 5.74) is 2.87. The number of likely N-dealkylation sites (N-methyl/N-ethyl adjacent to an activating group) is 1. The van der Waals surface area contributed by atoms with Crippen LogP contribution in [0, 0.1) is 13.8 Å². The van der Waals surface area contributed by atoms with Gasteiger partial charge in [0, 0.05) is 6.07 Å². The van der Waals surface area contributed by atoms with Crippen LogP contribution in [0.4, 0.5) is 5.69 Å². The average molecular weight is 222 g/mol. The minimum Gasteiger partial charge on any atom is -0.477 e. The first kappa shape index (κ1) is 12.4. The summed E-state index contributed by atoms with van der Waals surface area (Å²) in [7, 11) is 1.59. The number of quaternary nitrogens is 1. The largest absolute Gasteiger partial charge is 0.477 e. The monoisotopic (exact) mass is 222 g/mol. The first-order chi connectivity index (χ1) is 7.39. The molecule has 0 aliphatic carbocycles. The zero-order chi connectivity index (χ0) is 12.3. The number of hydrogen-bond acceptors (Lipinski definition) is 2. The third-order valence-corrected chi connectivity index (χ3v) is 2.78. The quantitative estimate of drug-likeness (QED) is 0.620. The number of rotatable bonds is 4. The Hall–Kier alpha value is -1.68. The summed E-state index contributed by atoms with van der Waals surface area (Å²) in [6.45, 7) is 3.67. The molecule has 0 radical (unpaired) electrons. The van der Waals surface area contributed by atoms with E-state index in [0.29, 0.717) is 12.1 Å². The summed E-state index contributed by atoms with van der Waals surface area (Å²) in [5.74, 6) is -0.993. The molecule has 0 saturated heterocycles. The lowest BCUT2D eigenvalue weighted by molar-refractivity contribution is -0.139. The van der Waals surface area contributed by atoms with Crippen molar-refractivity contribution in [1.29, 1.82) is 0 Å². The predicted octanol–water partition coefficient (Wildman–Crippen LogP) is 1.48. The second-order valence-electron chi connectivity index (χ2n) is 4.19. The van der Waals surface area contributed by atoms with Crippen molar-refractivity contribution in [3.8, 4) is 0 Å². The van der Waals surface area contributed by atoms with Crippen molar-refractivity contribution in [3.05, 3.63) is 29.3 Å². The molecule has 0 heterocycles. The summed E-state index contributed by atoms with van der Waals surface area (Å²) < 4.78 is -0.240. The van der Waals surface area contributed by atoms with Gasteiger partial charge in [0.2, 0.25) is 0 Å². The van der Waals surface area contributed by atoms with Gasteiger partial charge in [-0.3, -0.25) is 0 Å². The number of amides is 1. The normalized spacial score (nSPS) is 14.2. The number of nitrogens with zero attached hydrogens (tertiary/aromatic N) is 1. The highest BCUT2D eigenvalue weighted by Gasteiger charge is 2.28. The number of carboxylic acids is 1. The Balaban J connectivity index is 3.17. The van der Waals surface area contributed by atoms with Crippen molar-refractivity contribution < 1.29 is 14.7 Å². The molecule has 4 heteroatoms. The van der Waals surface area contributed by atoms with Crippen LogP contribution >= 0.6 is 0 Å². The van der Waals surface area contributed by atoms with E-state index in [-0.39, 0.29) is 11.0 Å². The number of carbonyl (C=O) groups is 2. The van der Waals surface area contributed by atoms with E-state index in [9.17, 15) is 9.59 Å². The molecule has 1 N–H and O–H groups in total. The Morgan fingerprint density at radius 1 is 1.38 bits per heavy atom. The Bertz CT molecular complexity index is 428. The molecular formula is C12H16NO3+. The second kappa shape index (κ2) is 4.45. The zero-order valence-corrected chi connectivity index (χ0v) is 9.73. The van der Waals surface area contributed by atoms with Crippen LogP contribution in [0.2, 0.25) is 0 Å². The van der Waals surface area contributed by atoms with Crippen molar-refractivity contribution in [2.75, 3.05) is 13.6 Å². The molecule has 1 amide bonds. The number of benzene rings is 1. The molecule has 1 unspecified atom stereocenters. The fraction of sp³-hybridized carbons (Fsp3) is 0.333. The molecule has 1 aromatic carbocycles. The number of hydrogen-bond donors (Lipinski definition) is 1. The van der Waals surface area contributed by atoms with Crippen LogP contribution in [-0.4, -0.2) is 31.1 Å². The fourth-order valence-corrected chi connectivity index (χ4v) is 1.51. The molecule has 0 spiro atoms. The lowest BCUT2D eigenvalue weighted by atomic mass is 10.1. The first-order valence-corrected chi connectivity index (χ1v) is 5.00. The van der Waals surface area contributed by atoms with E-state index in [1.165, 1.54) is 0 Å². The van der Waals surface area contributed by atoms with Gasteiger partial charge in [0.1, 0.15) is 5.69 Å². The van der Waals surface area contributed by atoms with Crippen LogP contribution in [0.3, 0.4) is 0 Å². The van der Waals surface area contributed by atoms with Gasteiger partial charge in [-0.2, -0.15) is 0 Å². The van der Waals surface area contributed by atoms with Gasteiger partial charge < -0.3 is 5.11 Å². The minimum absolute atomic E-state index is 0.240. The fourth-order valence-electron chi connectivity index (χ4n) is 1.51. The predicted molar refractivity (Wildman–Crippen MR) is 62.2 cm³/mol. The van der Waals surface area contributed by atoms with E-state index >= 15 is 0 Å². The lowest BCUT2D eigenvalue weighted by Crippen LogP contribution is -2.47. The molecule has 86 valence electrons. The first-order valence-electron chi connectivity index (χ1n) is 5.00. The van der Waals surface area contributed by atoms with Crippen LogP contribution < -0.4 is 4.48 Å². The van der Waals surface area contributed by atoms with Crippen molar-refractivity contribution in [2.24, 2.45) is 0 Å². The molecule has 0 bridgehead atoms. The molecule has 1 aromatic rings. The van der Waals surface area contributed by atoms with Crippen LogP contribution in [-0.2, 0) is 9.59 Å². The van der Waals surface area contributed by atoms with Gasteiger partial charge in [-0.15, -0.1) is 0 Å². The Kier molecular flexibility index (Phi) is 3.44. The smallest absolute Gasteiger partial charge is 0.360 e. The second-order valence-corrected chi connectivity index (χ2v) is 4.19. The minimum atomic E-state index is -0.993. The molecule has 1 rings (SSSR count). The third kappa shape index (κ3) is 2.46. The summed E-state index contributed by atoms with van der Waals surface area (Å²) in [6.07, 6.45) is 0.651. The van der Waals surface area contributed by atoms with E-state index in [1.54, 1.807) is 13.1 Å². The number of aryl methyl sites for hydroxylation is 2. The molecule has 1 atom stereocenters. The van der Waals surface area contributed by atoms with E-state index in [1.807, 2.05) is 26.0 Å². The molecule has 0 aliphatic rings. The highest BCUT2D eigenvalue weighted by atomic mass is 16.4. The van der Waals surface area contributed by atoms with E-state index in [4.69, 9.17) is 5.11 Å². The highest BCUT2D eigenvalue weighted by molar-refractivity contribution is 5.80. The van der Waals surface area contributed by atoms with Crippen LogP contribution in [0.5, 0.6) is 0 Å². The molecule has 16 heavy (non-hydrogen) atoms. The van der Waals surface area contributed by atoms with Crippen LogP contribution in [0.1, 0.15) is 11.1 Å². The number of carbonyl (C=O) groups excluding carboxylic acids is 1. The third-order valence-electron chi connectivity index (χ3n) is 2.78. The van der Waals surface area contributed by atoms with Gasteiger partial charge >= 0.3 is 12.4 Å². The van der Waals surface area contributed by atoms with Crippen molar-refractivity contribution in [3.63, 3.8) is 0 Å². The van der Waals surface area contributed by atoms with Gasteiger partial charge in [-0.25, -0.2) is 14.1 Å². The average Bonchev–Trinajstić information content (AvgIpc) is 2.21. The van der Waals surface area contributed by atoms with E-state index in [2.05, 4.69) is 0 Å². The topological polar surface area (TPSA) is 54.4 Å². The van der Waals surface area contributed by atoms with Crippen molar-refractivity contribution in [1.82, 2.24) is 4.48 Å². The van der Waals surface area contributed by atoms with Gasteiger partial charge in [-0.05, 0) is 31.0 Å². The van der Waals surface area contributed by atoms with E-state index in [0.717, 1.165) is 11.1 Å². The zero-order valence-electron chi connectivity index (χ0n) is 9.73. The van der Waals surface area contributed by atoms with Gasteiger partial charge in [0.25, 0.3) is 0 Å². The summed E-state index contributed by atoms with van der Waals surface area (Å²) in [5, 5.41) is 8.79. The maximum absolute atomic E-state index is 11.1. The van der Waals surface area contributed by atoms with E-state index < -0.39 is 5.97 Å². The Labute approximate surface area is 94.7 Å². The molecular weight excluding hydrogens is 206 g/mol. The lowest BCUT2D eigenvalue weighted by Gasteiger charge is -2.25.